The van der Waals surface area contributed by atoms with Crippen LogP contribution in [-0.2, 0) is 27.4 Å². The van der Waals surface area contributed by atoms with Crippen LogP contribution in [0.15, 0.2) is 33.9 Å². The summed E-state index contributed by atoms with van der Waals surface area (Å²) in [5, 5.41) is 4.11. The van der Waals surface area contributed by atoms with Gasteiger partial charge in [0.25, 0.3) is 15.2 Å². The molecule has 2 heterocycles. The molecule has 1 aliphatic rings. The molecule has 5 nitrogen and oxygen atoms in total. The van der Waals surface area contributed by atoms with Gasteiger partial charge in [-0.1, -0.05) is 6.07 Å². The smallest absolute Gasteiger partial charge is 0.418 e. The fraction of sp³-hybridized carbons (Fsp3) is 0.267. The molecular formula is C15H13F3N2O3S3. The molecule has 0 saturated carbocycles. The Morgan fingerprint density at radius 2 is 2.08 bits per heavy atom. The fourth-order valence-electron chi connectivity index (χ4n) is 2.65. The number of thiophene rings is 1. The summed E-state index contributed by atoms with van der Waals surface area (Å²) in [5.41, 5.74) is -1.55. The summed E-state index contributed by atoms with van der Waals surface area (Å²) in [7, 11) is -4.12. The first-order valence-electron chi connectivity index (χ1n) is 7.35. The van der Waals surface area contributed by atoms with E-state index >= 15 is 0 Å². The SMILES string of the molecule is CC1Cc2c(ccc(NS(=O)(=O)c3cccs3)c2C(F)(F)F)NC(=S)O1. The molecule has 0 saturated heterocycles. The highest BCUT2D eigenvalue weighted by molar-refractivity contribution is 7.94. The maximum Gasteiger partial charge on any atom is 0.418 e. The van der Waals surface area contributed by atoms with Crippen LogP contribution in [0.4, 0.5) is 24.5 Å². The van der Waals surface area contributed by atoms with Crippen molar-refractivity contribution in [2.45, 2.75) is 29.8 Å². The predicted molar refractivity (Wildman–Crippen MR) is 97.0 cm³/mol. The number of thiocarbonyl (C=S) groups is 1. The molecule has 26 heavy (non-hydrogen) atoms. The van der Waals surface area contributed by atoms with E-state index < -0.39 is 33.6 Å². The Kier molecular flexibility index (Phi) is 4.88. The Labute approximate surface area is 157 Å². The second-order valence-corrected chi connectivity index (χ2v) is 8.82. The number of fused-ring (bicyclic) bond motifs is 1. The predicted octanol–water partition coefficient (Wildman–Crippen LogP) is 4.23. The maximum absolute atomic E-state index is 13.8. The molecule has 140 valence electrons. The van der Waals surface area contributed by atoms with Gasteiger partial charge in [0.15, 0.2) is 0 Å². The molecule has 1 aliphatic heterocycles. The van der Waals surface area contributed by atoms with Crippen LogP contribution in [-0.4, -0.2) is 19.7 Å². The Morgan fingerprint density at radius 1 is 1.35 bits per heavy atom. The van der Waals surface area contributed by atoms with Gasteiger partial charge in [0, 0.05) is 12.1 Å². The fourth-order valence-corrected chi connectivity index (χ4v) is 4.99. The summed E-state index contributed by atoms with van der Waals surface area (Å²) in [6, 6.07) is 5.24. The summed E-state index contributed by atoms with van der Waals surface area (Å²) >= 11 is 5.85. The zero-order valence-electron chi connectivity index (χ0n) is 13.3. The van der Waals surface area contributed by atoms with E-state index in [0.717, 1.165) is 17.4 Å². The van der Waals surface area contributed by atoms with Gasteiger partial charge in [-0.05, 0) is 48.3 Å². The van der Waals surface area contributed by atoms with Gasteiger partial charge in [0.2, 0.25) is 0 Å². The lowest BCUT2D eigenvalue weighted by atomic mass is 9.98. The first-order valence-corrected chi connectivity index (χ1v) is 10.1. The highest BCUT2D eigenvalue weighted by Gasteiger charge is 2.39. The van der Waals surface area contributed by atoms with Gasteiger partial charge >= 0.3 is 6.18 Å². The third-order valence-corrected chi connectivity index (χ3v) is 6.60. The third kappa shape index (κ3) is 3.79. The molecule has 1 unspecified atom stereocenters. The van der Waals surface area contributed by atoms with Crippen LogP contribution in [0.2, 0.25) is 0 Å². The minimum atomic E-state index is -4.77. The average Bonchev–Trinajstić information content (AvgIpc) is 2.98. The van der Waals surface area contributed by atoms with Crippen molar-refractivity contribution in [3.05, 3.63) is 40.8 Å². The minimum absolute atomic E-state index is 0.0312. The van der Waals surface area contributed by atoms with E-state index in [9.17, 15) is 21.6 Å². The molecule has 0 bridgehead atoms. The van der Waals surface area contributed by atoms with E-state index in [1.807, 2.05) is 0 Å². The van der Waals surface area contributed by atoms with Crippen molar-refractivity contribution < 1.29 is 26.3 Å². The summed E-state index contributed by atoms with van der Waals surface area (Å²) in [4.78, 5) is 0. The van der Waals surface area contributed by atoms with E-state index in [1.54, 1.807) is 6.92 Å². The normalized spacial score (nSPS) is 17.7. The Hall–Kier alpha value is -1.85. The van der Waals surface area contributed by atoms with Crippen molar-refractivity contribution in [2.75, 3.05) is 10.0 Å². The standard InChI is InChI=1S/C15H13F3N2O3S3/c1-8-7-9-10(19-14(24)23-8)4-5-11(13(9)15(16,17)18)20-26(21,22)12-3-2-6-25-12/h2-6,8,20H,7H2,1H3,(H,19,24). The van der Waals surface area contributed by atoms with Crippen molar-refractivity contribution >= 4 is 50.1 Å². The average molecular weight is 422 g/mol. The number of benzene rings is 1. The van der Waals surface area contributed by atoms with Crippen molar-refractivity contribution in [3.63, 3.8) is 0 Å². The number of nitrogens with one attached hydrogen (secondary N) is 2. The van der Waals surface area contributed by atoms with Gasteiger partial charge in [-0.2, -0.15) is 13.2 Å². The van der Waals surface area contributed by atoms with E-state index in [4.69, 9.17) is 17.0 Å². The second-order valence-electron chi connectivity index (χ2n) is 5.59. The first-order chi connectivity index (χ1) is 12.1. The van der Waals surface area contributed by atoms with Gasteiger partial charge in [0.05, 0.1) is 11.3 Å². The van der Waals surface area contributed by atoms with Crippen LogP contribution in [0.3, 0.4) is 0 Å². The van der Waals surface area contributed by atoms with E-state index in [1.165, 1.54) is 23.6 Å². The number of halogens is 3. The lowest BCUT2D eigenvalue weighted by molar-refractivity contribution is -0.137. The van der Waals surface area contributed by atoms with Gasteiger partial charge < -0.3 is 10.1 Å². The highest BCUT2D eigenvalue weighted by atomic mass is 32.2. The number of ether oxygens (including phenoxy) is 1. The van der Waals surface area contributed by atoms with Crippen LogP contribution in [0.5, 0.6) is 0 Å². The first kappa shape index (κ1) is 18.9. The zero-order chi connectivity index (χ0) is 19.1. The molecule has 1 atom stereocenters. The van der Waals surface area contributed by atoms with Crippen molar-refractivity contribution in [1.82, 2.24) is 0 Å². The monoisotopic (exact) mass is 422 g/mol. The zero-order valence-corrected chi connectivity index (χ0v) is 15.7. The number of anilines is 2. The Morgan fingerprint density at radius 3 is 2.69 bits per heavy atom. The summed E-state index contributed by atoms with van der Waals surface area (Å²) < 4.78 is 73.3. The molecule has 0 amide bonds. The van der Waals surface area contributed by atoms with Crippen LogP contribution in [0, 0.1) is 0 Å². The van der Waals surface area contributed by atoms with Crippen LogP contribution in [0.1, 0.15) is 18.1 Å². The molecule has 2 aromatic rings. The van der Waals surface area contributed by atoms with E-state index in [2.05, 4.69) is 10.0 Å². The van der Waals surface area contributed by atoms with Crippen molar-refractivity contribution in [2.24, 2.45) is 0 Å². The van der Waals surface area contributed by atoms with E-state index in [0.29, 0.717) is 0 Å². The summed E-state index contributed by atoms with van der Waals surface area (Å²) in [6.07, 6.45) is -5.45. The highest BCUT2D eigenvalue weighted by Crippen LogP contribution is 2.42. The minimum Gasteiger partial charge on any atom is -0.467 e. The van der Waals surface area contributed by atoms with Gasteiger partial charge in [-0.25, -0.2) is 8.42 Å². The molecule has 0 aliphatic carbocycles. The number of rotatable bonds is 3. The number of sulfonamides is 1. The van der Waals surface area contributed by atoms with E-state index in [-0.39, 0.29) is 27.1 Å². The summed E-state index contributed by atoms with van der Waals surface area (Å²) in [6.45, 7) is 1.59. The Bertz CT molecular complexity index is 941. The molecule has 3 rings (SSSR count). The van der Waals surface area contributed by atoms with Crippen molar-refractivity contribution in [1.29, 1.82) is 0 Å². The third-order valence-electron chi connectivity index (χ3n) is 3.64. The quantitative estimate of drug-likeness (QED) is 0.725. The Balaban J connectivity index is 2.14. The molecule has 0 radical (unpaired) electrons. The largest absolute Gasteiger partial charge is 0.467 e. The van der Waals surface area contributed by atoms with Gasteiger partial charge in [-0.15, -0.1) is 11.3 Å². The lowest BCUT2D eigenvalue weighted by Gasteiger charge is -2.20. The van der Waals surface area contributed by atoms with Crippen LogP contribution < -0.4 is 10.0 Å². The molecule has 1 aromatic carbocycles. The number of alkyl halides is 3. The second kappa shape index (κ2) is 6.71. The van der Waals surface area contributed by atoms with Crippen LogP contribution in [0.25, 0.3) is 0 Å². The van der Waals surface area contributed by atoms with Gasteiger partial charge in [-0.3, -0.25) is 4.72 Å². The molecule has 1 aromatic heterocycles. The summed E-state index contributed by atoms with van der Waals surface area (Å²) in [5.74, 6) is 0. The molecule has 0 fully saturated rings. The number of hydrogen-bond acceptors (Lipinski definition) is 5. The molecule has 11 heteroatoms. The van der Waals surface area contributed by atoms with Crippen molar-refractivity contribution in [3.8, 4) is 0 Å². The molecular weight excluding hydrogens is 409 g/mol. The van der Waals surface area contributed by atoms with Crippen LogP contribution >= 0.6 is 23.6 Å². The lowest BCUT2D eigenvalue weighted by Crippen LogP contribution is -2.20. The number of hydrogen-bond donors (Lipinski definition) is 2. The molecule has 0 spiro atoms. The van der Waals surface area contributed by atoms with Gasteiger partial charge in [0.1, 0.15) is 10.3 Å². The molecule has 2 N–H and O–H groups in total. The topological polar surface area (TPSA) is 67.4 Å². The maximum atomic E-state index is 13.8.